The molecule has 1 fully saturated rings. The molecule has 0 unspecified atom stereocenters. The van der Waals surface area contributed by atoms with Crippen molar-refractivity contribution in [2.45, 2.75) is 38.8 Å². The zero-order valence-corrected chi connectivity index (χ0v) is 12.3. The lowest BCUT2D eigenvalue weighted by atomic mass is 9.96. The molecule has 0 radical (unpaired) electrons. The fourth-order valence-electron chi connectivity index (χ4n) is 2.33. The van der Waals surface area contributed by atoms with Crippen molar-refractivity contribution in [1.29, 1.82) is 0 Å². The third-order valence-electron chi connectivity index (χ3n) is 3.61. The lowest BCUT2D eigenvalue weighted by Gasteiger charge is -2.29. The van der Waals surface area contributed by atoms with Crippen LogP contribution >= 0.6 is 0 Å². The van der Waals surface area contributed by atoms with Gasteiger partial charge in [0.15, 0.2) is 5.82 Å². The third-order valence-corrected chi connectivity index (χ3v) is 3.61. The largest absolute Gasteiger partial charge is 0.359 e. The average molecular weight is 281 g/mol. The molecule has 7 nitrogen and oxygen atoms in total. The topological polar surface area (TPSA) is 97.3 Å². The average Bonchev–Trinajstić information content (AvgIpc) is 2.87. The SMILES string of the molecule is CNC(=O)C1CCN(Cc2nc(C(C)(C)N)no2)CC1. The molecule has 0 aliphatic carbocycles. The molecule has 2 heterocycles. The Bertz CT molecular complexity index is 458. The molecule has 1 aromatic heterocycles. The van der Waals surface area contributed by atoms with Gasteiger partial charge in [-0.25, -0.2) is 0 Å². The molecule has 7 heteroatoms. The van der Waals surface area contributed by atoms with E-state index >= 15 is 0 Å². The number of amides is 1. The molecule has 0 spiro atoms. The van der Waals surface area contributed by atoms with Crippen LogP contribution in [-0.4, -0.2) is 41.1 Å². The minimum atomic E-state index is -0.589. The van der Waals surface area contributed by atoms with E-state index in [1.165, 1.54) is 0 Å². The zero-order valence-electron chi connectivity index (χ0n) is 12.3. The van der Waals surface area contributed by atoms with Crippen LogP contribution in [0.25, 0.3) is 0 Å². The van der Waals surface area contributed by atoms with E-state index in [1.807, 2.05) is 13.8 Å². The Balaban J connectivity index is 1.87. The Morgan fingerprint density at radius 1 is 1.50 bits per heavy atom. The fraction of sp³-hybridized carbons (Fsp3) is 0.769. The van der Waals surface area contributed by atoms with Crippen molar-refractivity contribution in [3.8, 4) is 0 Å². The molecule has 112 valence electrons. The van der Waals surface area contributed by atoms with E-state index in [1.54, 1.807) is 7.05 Å². The molecule has 1 amide bonds. The Morgan fingerprint density at radius 2 is 2.15 bits per heavy atom. The summed E-state index contributed by atoms with van der Waals surface area (Å²) < 4.78 is 5.23. The fourth-order valence-corrected chi connectivity index (χ4v) is 2.33. The first-order chi connectivity index (χ1) is 9.40. The number of nitrogens with one attached hydrogen (secondary N) is 1. The zero-order chi connectivity index (χ0) is 14.8. The number of likely N-dealkylation sites (tertiary alicyclic amines) is 1. The molecule has 0 bridgehead atoms. The van der Waals surface area contributed by atoms with E-state index in [9.17, 15) is 4.79 Å². The van der Waals surface area contributed by atoms with Gasteiger partial charge in [-0.2, -0.15) is 4.98 Å². The van der Waals surface area contributed by atoms with Crippen LogP contribution in [0.3, 0.4) is 0 Å². The summed E-state index contributed by atoms with van der Waals surface area (Å²) in [5.41, 5.74) is 5.34. The van der Waals surface area contributed by atoms with Gasteiger partial charge in [0.1, 0.15) is 0 Å². The summed E-state index contributed by atoms with van der Waals surface area (Å²) in [7, 11) is 1.68. The Labute approximate surface area is 118 Å². The predicted molar refractivity (Wildman–Crippen MR) is 73.6 cm³/mol. The molecule has 0 atom stereocenters. The summed E-state index contributed by atoms with van der Waals surface area (Å²) >= 11 is 0. The maximum Gasteiger partial charge on any atom is 0.240 e. The standard InChI is InChI=1S/C13H23N5O2/c1-13(2,14)12-16-10(20-17-12)8-18-6-4-9(5-7-18)11(19)15-3/h9H,4-8,14H2,1-3H3,(H,15,19). The van der Waals surface area contributed by atoms with Crippen LogP contribution in [0.15, 0.2) is 4.52 Å². The van der Waals surface area contributed by atoms with Crippen LogP contribution in [0.1, 0.15) is 38.4 Å². The lowest BCUT2D eigenvalue weighted by Crippen LogP contribution is -2.39. The summed E-state index contributed by atoms with van der Waals surface area (Å²) in [5, 5.41) is 6.61. The number of aromatic nitrogens is 2. The first-order valence-corrected chi connectivity index (χ1v) is 6.96. The predicted octanol–water partition coefficient (Wildman–Crippen LogP) is 0.221. The Morgan fingerprint density at radius 3 is 2.65 bits per heavy atom. The van der Waals surface area contributed by atoms with Gasteiger partial charge < -0.3 is 15.6 Å². The number of piperidine rings is 1. The molecule has 1 aliphatic heterocycles. The normalized spacial score (nSPS) is 18.2. The van der Waals surface area contributed by atoms with Crippen LogP contribution in [0.4, 0.5) is 0 Å². The van der Waals surface area contributed by atoms with Gasteiger partial charge in [0, 0.05) is 13.0 Å². The summed E-state index contributed by atoms with van der Waals surface area (Å²) in [6, 6.07) is 0. The summed E-state index contributed by atoms with van der Waals surface area (Å²) in [6.45, 7) is 6.03. The maximum atomic E-state index is 11.6. The van der Waals surface area contributed by atoms with Crippen LogP contribution in [0, 0.1) is 5.92 Å². The van der Waals surface area contributed by atoms with Gasteiger partial charge in [-0.1, -0.05) is 5.16 Å². The highest BCUT2D eigenvalue weighted by atomic mass is 16.5. The number of nitrogens with two attached hydrogens (primary N) is 1. The molecule has 1 aliphatic rings. The Kier molecular flexibility index (Phi) is 4.39. The van der Waals surface area contributed by atoms with Gasteiger partial charge in [0.25, 0.3) is 0 Å². The second-order valence-corrected chi connectivity index (χ2v) is 5.90. The second-order valence-electron chi connectivity index (χ2n) is 5.90. The number of hydrogen-bond acceptors (Lipinski definition) is 6. The van der Waals surface area contributed by atoms with Gasteiger partial charge in [-0.05, 0) is 39.8 Å². The lowest BCUT2D eigenvalue weighted by molar-refractivity contribution is -0.125. The van der Waals surface area contributed by atoms with E-state index in [-0.39, 0.29) is 11.8 Å². The molecule has 0 aromatic carbocycles. The summed E-state index contributed by atoms with van der Waals surface area (Å²) in [4.78, 5) is 18.1. The van der Waals surface area contributed by atoms with E-state index in [4.69, 9.17) is 10.3 Å². The van der Waals surface area contributed by atoms with Gasteiger partial charge in [-0.15, -0.1) is 0 Å². The molecular formula is C13H23N5O2. The molecule has 1 aromatic rings. The minimum Gasteiger partial charge on any atom is -0.359 e. The maximum absolute atomic E-state index is 11.6. The highest BCUT2D eigenvalue weighted by Crippen LogP contribution is 2.19. The highest BCUT2D eigenvalue weighted by molar-refractivity contribution is 5.78. The third kappa shape index (κ3) is 3.55. The van der Waals surface area contributed by atoms with E-state index in [0.29, 0.717) is 18.3 Å². The molecule has 1 saturated heterocycles. The molecule has 20 heavy (non-hydrogen) atoms. The van der Waals surface area contributed by atoms with Crippen molar-refractivity contribution in [1.82, 2.24) is 20.4 Å². The first kappa shape index (κ1) is 14.9. The number of carbonyl (C=O) groups excluding carboxylic acids is 1. The van der Waals surface area contributed by atoms with Crippen molar-refractivity contribution < 1.29 is 9.32 Å². The summed E-state index contributed by atoms with van der Waals surface area (Å²) in [5.74, 6) is 1.36. The van der Waals surface area contributed by atoms with Crippen LogP contribution in [-0.2, 0) is 16.9 Å². The Hall–Kier alpha value is -1.47. The van der Waals surface area contributed by atoms with Crippen molar-refractivity contribution >= 4 is 5.91 Å². The van der Waals surface area contributed by atoms with Crippen LogP contribution < -0.4 is 11.1 Å². The second kappa shape index (κ2) is 5.88. The van der Waals surface area contributed by atoms with Gasteiger partial charge in [0.05, 0.1) is 12.1 Å². The van der Waals surface area contributed by atoms with Gasteiger partial charge in [-0.3, -0.25) is 9.69 Å². The van der Waals surface area contributed by atoms with Crippen molar-refractivity contribution in [2.24, 2.45) is 11.7 Å². The number of nitrogens with zero attached hydrogens (tertiary/aromatic N) is 3. The quantitative estimate of drug-likeness (QED) is 0.819. The summed E-state index contributed by atoms with van der Waals surface area (Å²) in [6.07, 6.45) is 1.73. The molecular weight excluding hydrogens is 258 g/mol. The van der Waals surface area contributed by atoms with E-state index < -0.39 is 5.54 Å². The van der Waals surface area contributed by atoms with Crippen molar-refractivity contribution in [3.05, 3.63) is 11.7 Å². The van der Waals surface area contributed by atoms with E-state index in [0.717, 1.165) is 25.9 Å². The first-order valence-electron chi connectivity index (χ1n) is 6.96. The molecule has 2 rings (SSSR count). The van der Waals surface area contributed by atoms with Crippen molar-refractivity contribution in [2.75, 3.05) is 20.1 Å². The monoisotopic (exact) mass is 281 g/mol. The van der Waals surface area contributed by atoms with Gasteiger partial charge in [0.2, 0.25) is 11.8 Å². The highest BCUT2D eigenvalue weighted by Gasteiger charge is 2.26. The molecule has 0 saturated carbocycles. The van der Waals surface area contributed by atoms with E-state index in [2.05, 4.69) is 20.4 Å². The van der Waals surface area contributed by atoms with Crippen LogP contribution in [0.5, 0.6) is 0 Å². The van der Waals surface area contributed by atoms with Crippen LogP contribution in [0.2, 0.25) is 0 Å². The smallest absolute Gasteiger partial charge is 0.240 e. The minimum absolute atomic E-state index is 0.123. The number of hydrogen-bond donors (Lipinski definition) is 2. The van der Waals surface area contributed by atoms with Crippen molar-refractivity contribution in [3.63, 3.8) is 0 Å². The molecule has 3 N–H and O–H groups in total. The number of carbonyl (C=O) groups is 1. The van der Waals surface area contributed by atoms with Gasteiger partial charge >= 0.3 is 0 Å². The number of rotatable bonds is 4.